The van der Waals surface area contributed by atoms with Crippen LogP contribution in [0.25, 0.3) is 0 Å². The molecule has 21 heavy (non-hydrogen) atoms. The van der Waals surface area contributed by atoms with Gasteiger partial charge in [-0.05, 0) is 36.8 Å². The normalized spacial score (nSPS) is 10.0. The first-order valence-electron chi connectivity index (χ1n) is 6.65. The molecule has 0 fully saturated rings. The lowest BCUT2D eigenvalue weighted by Crippen LogP contribution is -2.16. The number of carbonyl (C=O) groups is 1. The standard InChI is InChI=1S/C16H16ClNO3/c1-2-10-20-15-9-8-12(11-14(15)17)18-16(19)21-13-6-4-3-5-7-13/h3-9,11H,2,10H2,1H3,(H,18,19). The van der Waals surface area contributed by atoms with Crippen LogP contribution in [0.2, 0.25) is 5.02 Å². The molecule has 0 heterocycles. The first-order valence-corrected chi connectivity index (χ1v) is 7.03. The van der Waals surface area contributed by atoms with Gasteiger partial charge in [0.2, 0.25) is 0 Å². The van der Waals surface area contributed by atoms with Crippen LogP contribution in [-0.4, -0.2) is 12.7 Å². The van der Waals surface area contributed by atoms with Crippen molar-refractivity contribution in [2.75, 3.05) is 11.9 Å². The molecular weight excluding hydrogens is 290 g/mol. The van der Waals surface area contributed by atoms with Crippen LogP contribution in [0.4, 0.5) is 10.5 Å². The van der Waals surface area contributed by atoms with Gasteiger partial charge < -0.3 is 9.47 Å². The molecule has 1 N–H and O–H groups in total. The molecule has 0 saturated carbocycles. The summed E-state index contributed by atoms with van der Waals surface area (Å²) in [6.45, 7) is 2.62. The van der Waals surface area contributed by atoms with E-state index in [9.17, 15) is 4.79 Å². The summed E-state index contributed by atoms with van der Waals surface area (Å²) in [5, 5.41) is 3.06. The molecule has 4 nitrogen and oxygen atoms in total. The van der Waals surface area contributed by atoms with Crippen molar-refractivity contribution < 1.29 is 14.3 Å². The van der Waals surface area contributed by atoms with E-state index < -0.39 is 6.09 Å². The van der Waals surface area contributed by atoms with Crippen molar-refractivity contribution >= 4 is 23.4 Å². The van der Waals surface area contributed by atoms with Crippen LogP contribution in [0.5, 0.6) is 11.5 Å². The fourth-order valence-electron chi connectivity index (χ4n) is 1.65. The van der Waals surface area contributed by atoms with Crippen molar-refractivity contribution in [3.63, 3.8) is 0 Å². The van der Waals surface area contributed by atoms with Gasteiger partial charge in [-0.2, -0.15) is 0 Å². The number of amides is 1. The van der Waals surface area contributed by atoms with Gasteiger partial charge in [-0.15, -0.1) is 0 Å². The van der Waals surface area contributed by atoms with Gasteiger partial charge in [-0.25, -0.2) is 4.79 Å². The highest BCUT2D eigenvalue weighted by atomic mass is 35.5. The molecule has 0 saturated heterocycles. The number of anilines is 1. The molecule has 110 valence electrons. The second kappa shape index (κ2) is 7.55. The van der Waals surface area contributed by atoms with E-state index in [-0.39, 0.29) is 0 Å². The quantitative estimate of drug-likeness (QED) is 0.868. The Morgan fingerprint density at radius 1 is 1.19 bits per heavy atom. The molecule has 0 radical (unpaired) electrons. The average Bonchev–Trinajstić information content (AvgIpc) is 2.47. The first-order chi connectivity index (χ1) is 10.2. The summed E-state index contributed by atoms with van der Waals surface area (Å²) in [7, 11) is 0. The van der Waals surface area contributed by atoms with Crippen molar-refractivity contribution in [1.82, 2.24) is 0 Å². The molecule has 0 bridgehead atoms. The molecule has 1 amide bonds. The number of ether oxygens (including phenoxy) is 2. The maximum Gasteiger partial charge on any atom is 0.417 e. The van der Waals surface area contributed by atoms with Gasteiger partial charge in [-0.1, -0.05) is 36.7 Å². The monoisotopic (exact) mass is 305 g/mol. The Bertz CT molecular complexity index is 602. The van der Waals surface area contributed by atoms with Gasteiger partial charge in [0.25, 0.3) is 0 Å². The van der Waals surface area contributed by atoms with Gasteiger partial charge >= 0.3 is 6.09 Å². The van der Waals surface area contributed by atoms with Crippen LogP contribution >= 0.6 is 11.6 Å². The second-order valence-electron chi connectivity index (χ2n) is 4.32. The maximum atomic E-state index is 11.7. The highest BCUT2D eigenvalue weighted by Crippen LogP contribution is 2.28. The number of benzene rings is 2. The molecule has 0 aliphatic heterocycles. The largest absolute Gasteiger partial charge is 0.492 e. The number of halogens is 1. The molecule has 0 aliphatic rings. The summed E-state index contributed by atoms with van der Waals surface area (Å²) in [6.07, 6.45) is 0.333. The lowest BCUT2D eigenvalue weighted by atomic mass is 10.3. The van der Waals surface area contributed by atoms with E-state index >= 15 is 0 Å². The predicted molar refractivity (Wildman–Crippen MR) is 83.3 cm³/mol. The molecule has 5 heteroatoms. The van der Waals surface area contributed by atoms with Gasteiger partial charge in [0.1, 0.15) is 11.5 Å². The zero-order chi connectivity index (χ0) is 15.1. The third-order valence-electron chi connectivity index (χ3n) is 2.59. The van der Waals surface area contributed by atoms with Crippen molar-refractivity contribution in [1.29, 1.82) is 0 Å². The van der Waals surface area contributed by atoms with E-state index in [4.69, 9.17) is 21.1 Å². The van der Waals surface area contributed by atoms with Crippen LogP contribution < -0.4 is 14.8 Å². The van der Waals surface area contributed by atoms with Crippen LogP contribution in [0.3, 0.4) is 0 Å². The minimum atomic E-state index is -0.570. The molecule has 0 spiro atoms. The van der Waals surface area contributed by atoms with E-state index in [1.165, 1.54) is 0 Å². The van der Waals surface area contributed by atoms with Gasteiger partial charge in [0.05, 0.1) is 11.6 Å². The first kappa shape index (κ1) is 15.2. The van der Waals surface area contributed by atoms with E-state index in [1.807, 2.05) is 13.0 Å². The summed E-state index contributed by atoms with van der Waals surface area (Å²) < 4.78 is 10.6. The Morgan fingerprint density at radius 3 is 2.62 bits per heavy atom. The average molecular weight is 306 g/mol. The molecule has 2 aromatic carbocycles. The van der Waals surface area contributed by atoms with Crippen molar-refractivity contribution in [2.24, 2.45) is 0 Å². The molecule has 0 unspecified atom stereocenters. The van der Waals surface area contributed by atoms with E-state index in [1.54, 1.807) is 42.5 Å². The van der Waals surface area contributed by atoms with E-state index in [0.717, 1.165) is 6.42 Å². The van der Waals surface area contributed by atoms with E-state index in [2.05, 4.69) is 5.32 Å². The van der Waals surface area contributed by atoms with Crippen LogP contribution in [0.1, 0.15) is 13.3 Å². The minimum Gasteiger partial charge on any atom is -0.492 e. The Hall–Kier alpha value is -2.20. The third kappa shape index (κ3) is 4.68. The minimum absolute atomic E-state index is 0.445. The number of nitrogens with one attached hydrogen (secondary N) is 1. The Morgan fingerprint density at radius 2 is 1.95 bits per heavy atom. The van der Waals surface area contributed by atoms with Gasteiger partial charge in [0, 0.05) is 5.69 Å². The van der Waals surface area contributed by atoms with Gasteiger partial charge in [0.15, 0.2) is 0 Å². The Labute approximate surface area is 128 Å². The van der Waals surface area contributed by atoms with Crippen molar-refractivity contribution in [3.8, 4) is 11.5 Å². The lowest BCUT2D eigenvalue weighted by molar-refractivity contribution is 0.215. The molecule has 0 aliphatic carbocycles. The topological polar surface area (TPSA) is 47.6 Å². The molecule has 2 aromatic rings. The second-order valence-corrected chi connectivity index (χ2v) is 4.73. The van der Waals surface area contributed by atoms with Crippen LogP contribution in [0, 0.1) is 0 Å². The summed E-state index contributed by atoms with van der Waals surface area (Å²) in [4.78, 5) is 11.7. The fourth-order valence-corrected chi connectivity index (χ4v) is 1.88. The summed E-state index contributed by atoms with van der Waals surface area (Å²) in [5.74, 6) is 1.07. The summed E-state index contributed by atoms with van der Waals surface area (Å²) >= 11 is 6.09. The maximum absolute atomic E-state index is 11.7. The molecule has 2 rings (SSSR count). The van der Waals surface area contributed by atoms with E-state index in [0.29, 0.717) is 28.8 Å². The highest BCUT2D eigenvalue weighted by Gasteiger charge is 2.07. The number of hydrogen-bond donors (Lipinski definition) is 1. The summed E-state index contributed by atoms with van der Waals surface area (Å²) in [5.41, 5.74) is 0.546. The van der Waals surface area contributed by atoms with Crippen molar-refractivity contribution in [2.45, 2.75) is 13.3 Å². The number of para-hydroxylation sites is 1. The number of rotatable bonds is 5. The number of hydrogen-bond acceptors (Lipinski definition) is 3. The van der Waals surface area contributed by atoms with Gasteiger partial charge in [-0.3, -0.25) is 5.32 Å². The Balaban J connectivity index is 1.96. The SMILES string of the molecule is CCCOc1ccc(NC(=O)Oc2ccccc2)cc1Cl. The summed E-state index contributed by atoms with van der Waals surface area (Å²) in [6, 6.07) is 13.9. The smallest absolute Gasteiger partial charge is 0.417 e. The fraction of sp³-hybridized carbons (Fsp3) is 0.188. The molecular formula is C16H16ClNO3. The predicted octanol–water partition coefficient (Wildman–Crippen LogP) is 4.74. The zero-order valence-electron chi connectivity index (χ0n) is 11.6. The third-order valence-corrected chi connectivity index (χ3v) is 2.89. The van der Waals surface area contributed by atoms with Crippen LogP contribution in [-0.2, 0) is 0 Å². The lowest BCUT2D eigenvalue weighted by Gasteiger charge is -2.10. The Kier molecular flexibility index (Phi) is 5.46. The molecule has 0 atom stereocenters. The van der Waals surface area contributed by atoms with Crippen LogP contribution in [0.15, 0.2) is 48.5 Å². The molecule has 0 aromatic heterocycles. The number of carbonyl (C=O) groups excluding carboxylic acids is 1. The van der Waals surface area contributed by atoms with Crippen molar-refractivity contribution in [3.05, 3.63) is 53.6 Å². The highest BCUT2D eigenvalue weighted by molar-refractivity contribution is 6.32. The zero-order valence-corrected chi connectivity index (χ0v) is 12.4.